The number of rotatable bonds is 6. The van der Waals surface area contributed by atoms with Crippen molar-refractivity contribution < 1.29 is 9.21 Å². The lowest BCUT2D eigenvalue weighted by atomic mass is 9.68. The molecule has 0 aromatic carbocycles. The van der Waals surface area contributed by atoms with Crippen LogP contribution in [0.1, 0.15) is 43.9 Å². The molecule has 1 aromatic rings. The van der Waals surface area contributed by atoms with Gasteiger partial charge < -0.3 is 15.5 Å². The highest BCUT2D eigenvalue weighted by Crippen LogP contribution is 2.40. The second-order valence-corrected chi connectivity index (χ2v) is 6.32. The second-order valence-electron chi connectivity index (χ2n) is 6.32. The molecular formula is C16H25N3O2. The van der Waals surface area contributed by atoms with Gasteiger partial charge in [-0.25, -0.2) is 0 Å². The minimum absolute atomic E-state index is 0.118. The highest BCUT2D eigenvalue weighted by Gasteiger charge is 2.43. The van der Waals surface area contributed by atoms with Crippen LogP contribution in [0.4, 0.5) is 0 Å². The van der Waals surface area contributed by atoms with Crippen LogP contribution < -0.4 is 11.1 Å². The topological polar surface area (TPSA) is 71.5 Å². The monoisotopic (exact) mass is 291 g/mol. The Bertz CT molecular complexity index is 456. The summed E-state index contributed by atoms with van der Waals surface area (Å²) in [7, 11) is 0. The van der Waals surface area contributed by atoms with Crippen LogP contribution in [0.25, 0.3) is 0 Å². The Hall–Kier alpha value is -1.33. The van der Waals surface area contributed by atoms with Crippen molar-refractivity contribution in [3.63, 3.8) is 0 Å². The highest BCUT2D eigenvalue weighted by molar-refractivity contribution is 5.83. The van der Waals surface area contributed by atoms with E-state index in [4.69, 9.17) is 10.2 Å². The van der Waals surface area contributed by atoms with Gasteiger partial charge >= 0.3 is 0 Å². The SMILES string of the molecule is NCC1(C(=O)NCC(c2ccco2)N2CCCC2)CCC1. The van der Waals surface area contributed by atoms with Crippen LogP contribution in [0.5, 0.6) is 0 Å². The first-order valence-electron chi connectivity index (χ1n) is 8.01. The standard InChI is InChI=1S/C16H25N3O2/c17-12-16(6-4-7-16)15(20)18-11-13(14-5-3-10-21-14)19-8-1-2-9-19/h3,5,10,13H,1-2,4,6-9,11-12,17H2,(H,18,20). The zero-order chi connectivity index (χ0) is 14.7. The summed E-state index contributed by atoms with van der Waals surface area (Å²) in [5, 5.41) is 3.12. The lowest BCUT2D eigenvalue weighted by molar-refractivity contribution is -0.135. The van der Waals surface area contributed by atoms with Crippen LogP contribution in [0.3, 0.4) is 0 Å². The van der Waals surface area contributed by atoms with E-state index in [1.165, 1.54) is 12.8 Å². The van der Waals surface area contributed by atoms with Gasteiger partial charge in [0.15, 0.2) is 0 Å². The summed E-state index contributed by atoms with van der Waals surface area (Å²) in [6.45, 7) is 3.20. The van der Waals surface area contributed by atoms with E-state index in [0.29, 0.717) is 13.1 Å². The fourth-order valence-corrected chi connectivity index (χ4v) is 3.45. The molecule has 1 aliphatic carbocycles. The van der Waals surface area contributed by atoms with Gasteiger partial charge in [0.25, 0.3) is 0 Å². The molecule has 5 heteroatoms. The van der Waals surface area contributed by atoms with E-state index in [1.54, 1.807) is 6.26 Å². The molecule has 3 rings (SSSR count). The van der Waals surface area contributed by atoms with E-state index in [1.807, 2.05) is 12.1 Å². The zero-order valence-electron chi connectivity index (χ0n) is 12.5. The summed E-state index contributed by atoms with van der Waals surface area (Å²) < 4.78 is 5.57. The Morgan fingerprint density at radius 3 is 2.67 bits per heavy atom. The summed E-state index contributed by atoms with van der Waals surface area (Å²) in [5.41, 5.74) is 5.50. The molecule has 1 aliphatic heterocycles. The van der Waals surface area contributed by atoms with E-state index in [9.17, 15) is 4.79 Å². The van der Waals surface area contributed by atoms with Crippen molar-refractivity contribution in [3.8, 4) is 0 Å². The molecule has 0 radical (unpaired) electrons. The molecule has 1 unspecified atom stereocenters. The average molecular weight is 291 g/mol. The molecular weight excluding hydrogens is 266 g/mol. The van der Waals surface area contributed by atoms with Crippen molar-refractivity contribution in [1.29, 1.82) is 0 Å². The predicted octanol–water partition coefficient (Wildman–Crippen LogP) is 1.66. The minimum Gasteiger partial charge on any atom is -0.468 e. The molecule has 1 saturated carbocycles. The van der Waals surface area contributed by atoms with Crippen molar-refractivity contribution in [2.45, 2.75) is 38.1 Å². The molecule has 2 aliphatic rings. The lowest BCUT2D eigenvalue weighted by Gasteiger charge is -2.39. The summed E-state index contributed by atoms with van der Waals surface area (Å²) in [6.07, 6.45) is 7.09. The third-order valence-corrected chi connectivity index (χ3v) is 5.09. The highest BCUT2D eigenvalue weighted by atomic mass is 16.3. The van der Waals surface area contributed by atoms with E-state index in [2.05, 4.69) is 10.2 Å². The van der Waals surface area contributed by atoms with E-state index < -0.39 is 0 Å². The normalized spacial score (nSPS) is 22.7. The molecule has 2 heterocycles. The number of carbonyl (C=O) groups excluding carboxylic acids is 1. The Morgan fingerprint density at radius 1 is 1.38 bits per heavy atom. The molecule has 21 heavy (non-hydrogen) atoms. The smallest absolute Gasteiger partial charge is 0.227 e. The number of likely N-dealkylation sites (tertiary alicyclic amines) is 1. The molecule has 0 bridgehead atoms. The van der Waals surface area contributed by atoms with Crippen LogP contribution in [0.2, 0.25) is 0 Å². The number of nitrogens with two attached hydrogens (primary N) is 1. The van der Waals surface area contributed by atoms with Crippen LogP contribution in [0.15, 0.2) is 22.8 Å². The first-order chi connectivity index (χ1) is 10.2. The molecule has 1 atom stereocenters. The molecule has 116 valence electrons. The van der Waals surface area contributed by atoms with Crippen molar-refractivity contribution >= 4 is 5.91 Å². The van der Waals surface area contributed by atoms with Crippen LogP contribution in [-0.2, 0) is 4.79 Å². The summed E-state index contributed by atoms with van der Waals surface area (Å²) in [5.74, 6) is 1.06. The second kappa shape index (κ2) is 6.20. The van der Waals surface area contributed by atoms with Gasteiger partial charge in [-0.3, -0.25) is 9.69 Å². The number of amides is 1. The van der Waals surface area contributed by atoms with E-state index in [0.717, 1.165) is 38.1 Å². The summed E-state index contributed by atoms with van der Waals surface area (Å²) in [4.78, 5) is 14.8. The number of hydrogen-bond acceptors (Lipinski definition) is 4. The largest absolute Gasteiger partial charge is 0.468 e. The van der Waals surface area contributed by atoms with Gasteiger partial charge in [0.2, 0.25) is 5.91 Å². The summed E-state index contributed by atoms with van der Waals surface area (Å²) >= 11 is 0. The first kappa shape index (κ1) is 14.6. The maximum absolute atomic E-state index is 12.4. The number of hydrogen-bond donors (Lipinski definition) is 2. The molecule has 1 saturated heterocycles. The third-order valence-electron chi connectivity index (χ3n) is 5.09. The fraction of sp³-hybridized carbons (Fsp3) is 0.688. The Kier molecular flexibility index (Phi) is 4.31. The van der Waals surface area contributed by atoms with Gasteiger partial charge in [-0.05, 0) is 50.9 Å². The maximum Gasteiger partial charge on any atom is 0.227 e. The first-order valence-corrected chi connectivity index (χ1v) is 8.01. The van der Waals surface area contributed by atoms with Crippen LogP contribution in [-0.4, -0.2) is 37.0 Å². The molecule has 3 N–H and O–H groups in total. The lowest BCUT2D eigenvalue weighted by Crippen LogP contribution is -2.51. The van der Waals surface area contributed by atoms with Crippen molar-refractivity contribution in [1.82, 2.24) is 10.2 Å². The third kappa shape index (κ3) is 2.85. The van der Waals surface area contributed by atoms with Crippen molar-refractivity contribution in [3.05, 3.63) is 24.2 Å². The Labute approximate surface area is 125 Å². The van der Waals surface area contributed by atoms with Gasteiger partial charge in [0, 0.05) is 13.1 Å². The predicted molar refractivity (Wildman–Crippen MR) is 80.6 cm³/mol. The van der Waals surface area contributed by atoms with Crippen LogP contribution in [0, 0.1) is 5.41 Å². The van der Waals surface area contributed by atoms with Crippen LogP contribution >= 0.6 is 0 Å². The maximum atomic E-state index is 12.4. The van der Waals surface area contributed by atoms with E-state index in [-0.39, 0.29) is 17.4 Å². The van der Waals surface area contributed by atoms with Gasteiger partial charge in [-0.1, -0.05) is 6.42 Å². The molecule has 0 spiro atoms. The average Bonchev–Trinajstić information content (AvgIpc) is 3.11. The Morgan fingerprint density at radius 2 is 2.14 bits per heavy atom. The van der Waals surface area contributed by atoms with Gasteiger partial charge in [0.1, 0.15) is 5.76 Å². The van der Waals surface area contributed by atoms with Gasteiger partial charge in [-0.15, -0.1) is 0 Å². The number of carbonyl (C=O) groups is 1. The molecule has 5 nitrogen and oxygen atoms in total. The molecule has 1 aromatic heterocycles. The quantitative estimate of drug-likeness (QED) is 0.836. The molecule has 1 amide bonds. The van der Waals surface area contributed by atoms with Crippen molar-refractivity contribution in [2.24, 2.45) is 11.1 Å². The Balaban J connectivity index is 1.63. The number of nitrogens with zero attached hydrogens (tertiary/aromatic N) is 1. The van der Waals surface area contributed by atoms with Gasteiger partial charge in [0.05, 0.1) is 17.7 Å². The minimum atomic E-state index is -0.307. The molecule has 2 fully saturated rings. The zero-order valence-corrected chi connectivity index (χ0v) is 12.5. The van der Waals surface area contributed by atoms with Crippen molar-refractivity contribution in [2.75, 3.05) is 26.2 Å². The number of furan rings is 1. The summed E-state index contributed by atoms with van der Waals surface area (Å²) in [6, 6.07) is 4.05. The number of nitrogens with one attached hydrogen (secondary N) is 1. The fourth-order valence-electron chi connectivity index (χ4n) is 3.45. The van der Waals surface area contributed by atoms with E-state index >= 15 is 0 Å². The van der Waals surface area contributed by atoms with Gasteiger partial charge in [-0.2, -0.15) is 0 Å².